The van der Waals surface area contributed by atoms with Crippen LogP contribution < -0.4 is 5.11 Å². The van der Waals surface area contributed by atoms with E-state index in [-0.39, 0.29) is 49.1 Å². The molecule has 0 rings (SSSR count). The highest BCUT2D eigenvalue weighted by atomic mass is 16.6. The van der Waals surface area contributed by atoms with E-state index in [0.717, 1.165) is 77.0 Å². The number of carbonyl (C=O) groups is 3. The molecular weight excluding hydrogens is 811 g/mol. The molecule has 0 aromatic rings. The number of aliphatic carboxylic acids is 1. The first-order valence-corrected chi connectivity index (χ1v) is 25.8. The maximum Gasteiger partial charge on any atom is 0.306 e. The Bertz CT molecular complexity index is 1380. The third-order valence-electron chi connectivity index (χ3n) is 11.0. The van der Waals surface area contributed by atoms with Crippen LogP contribution in [0.4, 0.5) is 0 Å². The van der Waals surface area contributed by atoms with E-state index < -0.39 is 18.1 Å². The molecule has 2 unspecified atom stereocenters. The zero-order chi connectivity index (χ0) is 47.7. The molecule has 8 nitrogen and oxygen atoms in total. The summed E-state index contributed by atoms with van der Waals surface area (Å²) >= 11 is 0. The van der Waals surface area contributed by atoms with Crippen LogP contribution in [0.2, 0.25) is 0 Å². The number of carboxylic acid groups (broad SMARTS) is 1. The normalized spacial score (nSPS) is 13.7. The van der Waals surface area contributed by atoms with Gasteiger partial charge in [-0.25, -0.2) is 0 Å². The predicted octanol–water partition coefficient (Wildman–Crippen LogP) is 13.7. The first-order chi connectivity index (χ1) is 31.6. The van der Waals surface area contributed by atoms with E-state index in [4.69, 9.17) is 14.2 Å². The number of likely N-dealkylation sites (N-methyl/N-ethyl adjacent to an activating group) is 1. The number of unbranched alkanes of at least 4 members (excludes halogenated alkanes) is 15. The fourth-order valence-electron chi connectivity index (χ4n) is 7.06. The summed E-state index contributed by atoms with van der Waals surface area (Å²) in [6, 6.07) is -0.740. The van der Waals surface area contributed by atoms with Crippen LogP contribution in [0.1, 0.15) is 194 Å². The number of carbonyl (C=O) groups excluding carboxylic acids is 3. The molecule has 0 aliphatic rings. The van der Waals surface area contributed by atoms with Crippen LogP contribution in [-0.4, -0.2) is 75.5 Å². The van der Waals surface area contributed by atoms with Crippen molar-refractivity contribution in [3.63, 3.8) is 0 Å². The average molecular weight is 906 g/mol. The van der Waals surface area contributed by atoms with Gasteiger partial charge < -0.3 is 28.6 Å². The first-order valence-electron chi connectivity index (χ1n) is 25.8. The molecule has 0 fully saturated rings. The predicted molar refractivity (Wildman–Crippen MR) is 272 cm³/mol. The lowest BCUT2D eigenvalue weighted by Crippen LogP contribution is -2.55. The molecule has 370 valence electrons. The number of rotatable bonds is 45. The largest absolute Gasteiger partial charge is 0.544 e. The van der Waals surface area contributed by atoms with Gasteiger partial charge in [-0.15, -0.1) is 0 Å². The standard InChI is InChI=1S/C57H95NO7/c1-6-8-10-12-14-16-18-20-22-24-26-28-30-32-34-36-38-40-42-44-46-48-56(60)65-53(51-63-50-49-54(57(61)62)58(3,4)5)52-64-55(59)47-45-43-41-39-37-35-33-31-29-27-25-23-21-19-17-15-13-11-9-7-2/h8-11,14-17,21,23,27,29,33,35,39,41,53-54H,6-7,12-13,18-20,22,24-26,28,30-32,34,36-38,40,42-52H2,1-5H3/b10-8+,11-9+,16-14+,17-15+,23-21+,29-27+,35-33+,41-39+. The third-order valence-corrected chi connectivity index (χ3v) is 11.0. The van der Waals surface area contributed by atoms with E-state index in [9.17, 15) is 19.5 Å². The van der Waals surface area contributed by atoms with Gasteiger partial charge in [0, 0.05) is 19.3 Å². The number of esters is 2. The fourth-order valence-corrected chi connectivity index (χ4v) is 7.06. The van der Waals surface area contributed by atoms with Gasteiger partial charge in [-0.1, -0.05) is 188 Å². The Morgan fingerprint density at radius 1 is 0.462 bits per heavy atom. The van der Waals surface area contributed by atoms with Crippen LogP contribution in [-0.2, 0) is 28.6 Å². The highest BCUT2D eigenvalue weighted by Gasteiger charge is 2.25. The van der Waals surface area contributed by atoms with Crippen molar-refractivity contribution in [2.45, 2.75) is 206 Å². The summed E-state index contributed by atoms with van der Waals surface area (Å²) in [5.41, 5.74) is 0. The van der Waals surface area contributed by atoms with Crippen molar-refractivity contribution in [1.82, 2.24) is 0 Å². The maximum atomic E-state index is 12.8. The van der Waals surface area contributed by atoms with E-state index in [1.807, 2.05) is 0 Å². The summed E-state index contributed by atoms with van der Waals surface area (Å²) in [5.74, 6) is -1.82. The van der Waals surface area contributed by atoms with Gasteiger partial charge in [0.05, 0.1) is 40.3 Å². The summed E-state index contributed by atoms with van der Waals surface area (Å²) in [5, 5.41) is 11.7. The molecule has 65 heavy (non-hydrogen) atoms. The summed E-state index contributed by atoms with van der Waals surface area (Å²) in [7, 11) is 5.39. The van der Waals surface area contributed by atoms with E-state index in [0.29, 0.717) is 12.8 Å². The molecule has 0 aliphatic heterocycles. The van der Waals surface area contributed by atoms with E-state index in [2.05, 4.69) is 111 Å². The van der Waals surface area contributed by atoms with Crippen molar-refractivity contribution in [3.8, 4) is 0 Å². The van der Waals surface area contributed by atoms with E-state index in [1.165, 1.54) is 77.0 Å². The Morgan fingerprint density at radius 3 is 1.25 bits per heavy atom. The minimum absolute atomic E-state index is 0.0178. The summed E-state index contributed by atoms with van der Waals surface area (Å²) in [6.45, 7) is 4.39. The highest BCUT2D eigenvalue weighted by molar-refractivity contribution is 5.70. The molecule has 2 atom stereocenters. The van der Waals surface area contributed by atoms with Crippen molar-refractivity contribution in [2.75, 3.05) is 41.0 Å². The Balaban J connectivity index is 4.34. The van der Waals surface area contributed by atoms with Gasteiger partial charge in [0.1, 0.15) is 12.6 Å². The summed E-state index contributed by atoms with van der Waals surface area (Å²) in [4.78, 5) is 37.0. The number of carboxylic acids is 1. The second-order valence-electron chi connectivity index (χ2n) is 18.0. The molecule has 0 aromatic carbocycles. The number of hydrogen-bond acceptors (Lipinski definition) is 7. The fraction of sp³-hybridized carbons (Fsp3) is 0.667. The lowest BCUT2D eigenvalue weighted by atomic mass is 10.0. The Hall–Kier alpha value is -3.75. The molecule has 0 radical (unpaired) electrons. The zero-order valence-corrected chi connectivity index (χ0v) is 42.1. The number of hydrogen-bond donors (Lipinski definition) is 0. The number of nitrogens with zero attached hydrogens (tertiary/aromatic N) is 1. The molecule has 8 heteroatoms. The van der Waals surface area contributed by atoms with Gasteiger partial charge in [0.15, 0.2) is 6.10 Å². The van der Waals surface area contributed by atoms with Crippen molar-refractivity contribution >= 4 is 17.9 Å². The Morgan fingerprint density at radius 2 is 0.831 bits per heavy atom. The molecule has 0 aliphatic carbocycles. The van der Waals surface area contributed by atoms with Crippen molar-refractivity contribution in [1.29, 1.82) is 0 Å². The Labute approximate surface area is 398 Å². The molecule has 0 amide bonds. The average Bonchev–Trinajstić information content (AvgIpc) is 3.27. The third kappa shape index (κ3) is 45.2. The molecule has 0 aromatic heterocycles. The quantitative estimate of drug-likeness (QED) is 0.0259. The molecule has 0 bridgehead atoms. The van der Waals surface area contributed by atoms with Crippen molar-refractivity contribution in [3.05, 3.63) is 97.2 Å². The van der Waals surface area contributed by atoms with Crippen LogP contribution in [0.15, 0.2) is 97.2 Å². The topological polar surface area (TPSA) is 102 Å². The van der Waals surface area contributed by atoms with E-state index in [1.54, 1.807) is 21.1 Å². The minimum atomic E-state index is -1.13. The number of allylic oxidation sites excluding steroid dienone is 16. The molecular formula is C57H95NO7. The van der Waals surface area contributed by atoms with Gasteiger partial charge in [0.2, 0.25) is 0 Å². The highest BCUT2D eigenvalue weighted by Crippen LogP contribution is 2.15. The first kappa shape index (κ1) is 61.2. The molecule has 0 N–H and O–H groups in total. The van der Waals surface area contributed by atoms with Crippen LogP contribution in [0.3, 0.4) is 0 Å². The van der Waals surface area contributed by atoms with E-state index >= 15 is 0 Å². The lowest BCUT2D eigenvalue weighted by molar-refractivity contribution is -0.889. The van der Waals surface area contributed by atoms with Gasteiger partial charge >= 0.3 is 11.9 Å². The molecule has 0 saturated carbocycles. The van der Waals surface area contributed by atoms with Crippen LogP contribution >= 0.6 is 0 Å². The van der Waals surface area contributed by atoms with Crippen LogP contribution in [0.25, 0.3) is 0 Å². The van der Waals surface area contributed by atoms with Crippen molar-refractivity contribution in [2.24, 2.45) is 0 Å². The Kier molecular flexibility index (Phi) is 44.1. The molecule has 0 spiro atoms. The lowest BCUT2D eigenvalue weighted by Gasteiger charge is -2.34. The SMILES string of the molecule is CC/C=C/C/C=C/C/C=C/C/C=C/C/C=C/C/C=C/CCCC(=O)OCC(COCCC(C(=O)[O-])[N+](C)(C)C)OC(=O)CCCCCCCCCCCCCCCC/C=C/C/C=C/CC. The zero-order valence-electron chi connectivity index (χ0n) is 42.1. The van der Waals surface area contributed by atoms with Crippen LogP contribution in [0.5, 0.6) is 0 Å². The summed E-state index contributed by atoms with van der Waals surface area (Å²) < 4.78 is 17.2. The smallest absolute Gasteiger partial charge is 0.306 e. The molecule has 0 heterocycles. The monoisotopic (exact) mass is 906 g/mol. The van der Waals surface area contributed by atoms with Gasteiger partial charge in [-0.05, 0) is 83.5 Å². The number of quaternary nitrogens is 1. The van der Waals surface area contributed by atoms with Gasteiger partial charge in [-0.2, -0.15) is 0 Å². The minimum Gasteiger partial charge on any atom is -0.544 e. The summed E-state index contributed by atoms with van der Waals surface area (Å²) in [6.07, 6.45) is 63.1. The van der Waals surface area contributed by atoms with Crippen molar-refractivity contribution < 1.29 is 38.2 Å². The van der Waals surface area contributed by atoms with Gasteiger partial charge in [-0.3, -0.25) is 9.59 Å². The van der Waals surface area contributed by atoms with Gasteiger partial charge in [0.25, 0.3) is 0 Å². The van der Waals surface area contributed by atoms with Crippen LogP contribution in [0, 0.1) is 0 Å². The maximum absolute atomic E-state index is 12.8. The molecule has 0 saturated heterocycles. The second kappa shape index (κ2) is 46.8. The second-order valence-corrected chi connectivity index (χ2v) is 18.0. The number of ether oxygens (including phenoxy) is 3.